The fraction of sp³-hybridized carbons (Fsp3) is 0.278. The average molecular weight is 383 g/mol. The van der Waals surface area contributed by atoms with Crippen molar-refractivity contribution >= 4 is 33.3 Å². The molecule has 1 unspecified atom stereocenters. The highest BCUT2D eigenvalue weighted by molar-refractivity contribution is 7.16. The highest BCUT2D eigenvalue weighted by Gasteiger charge is 2.29. The van der Waals surface area contributed by atoms with Gasteiger partial charge in [-0.1, -0.05) is 37.3 Å². The Morgan fingerprint density at radius 1 is 1.33 bits per heavy atom. The lowest BCUT2D eigenvalue weighted by Crippen LogP contribution is -2.44. The molecule has 3 rings (SSSR count). The topological polar surface area (TPSA) is 121 Å². The van der Waals surface area contributed by atoms with Crippen molar-refractivity contribution in [3.63, 3.8) is 0 Å². The van der Waals surface area contributed by atoms with Crippen LogP contribution in [0.1, 0.15) is 30.5 Å². The summed E-state index contributed by atoms with van der Waals surface area (Å²) in [5.41, 5.74) is -0.252. The first-order valence-electron chi connectivity index (χ1n) is 8.25. The summed E-state index contributed by atoms with van der Waals surface area (Å²) in [5, 5.41) is 12.2. The van der Waals surface area contributed by atoms with Crippen LogP contribution in [0.3, 0.4) is 0 Å². The van der Waals surface area contributed by atoms with Gasteiger partial charge in [0.05, 0.1) is 16.6 Å². The summed E-state index contributed by atoms with van der Waals surface area (Å²) in [6, 6.07) is 7.62. The van der Waals surface area contributed by atoms with Crippen molar-refractivity contribution in [2.24, 2.45) is 5.92 Å². The number of rotatable bonds is 4. The second-order valence-corrected chi connectivity index (χ2v) is 7.37. The van der Waals surface area contributed by atoms with Crippen molar-refractivity contribution in [3.8, 4) is 6.07 Å². The standard InChI is InChI=1S/C18H17N5O3S/c1-9(2)14(15(24)22-17-20-10(3)13(8-19)27-17)23-16(25)11-6-4-5-7-12(11)21-18(23)26/h4-7,9,14H,1-3H3,(H,21,26)(H,20,22,24). The molecule has 0 radical (unpaired) electrons. The van der Waals surface area contributed by atoms with E-state index in [1.165, 1.54) is 0 Å². The number of carbonyl (C=O) groups is 1. The number of para-hydroxylation sites is 1. The van der Waals surface area contributed by atoms with Crippen LogP contribution in [0.15, 0.2) is 33.9 Å². The number of amides is 1. The first-order chi connectivity index (χ1) is 12.8. The van der Waals surface area contributed by atoms with E-state index in [4.69, 9.17) is 5.26 Å². The maximum Gasteiger partial charge on any atom is 0.329 e. The minimum absolute atomic E-state index is 0.255. The summed E-state index contributed by atoms with van der Waals surface area (Å²) < 4.78 is 0.938. The summed E-state index contributed by atoms with van der Waals surface area (Å²) in [4.78, 5) is 45.4. The Labute approximate surface area is 158 Å². The van der Waals surface area contributed by atoms with Gasteiger partial charge < -0.3 is 10.3 Å². The highest BCUT2D eigenvalue weighted by Crippen LogP contribution is 2.24. The van der Waals surface area contributed by atoms with Gasteiger partial charge in [0, 0.05) is 0 Å². The van der Waals surface area contributed by atoms with Crippen LogP contribution in [-0.4, -0.2) is 20.4 Å². The van der Waals surface area contributed by atoms with Gasteiger partial charge in [0.25, 0.3) is 5.56 Å². The number of aryl methyl sites for hydroxylation is 1. The van der Waals surface area contributed by atoms with E-state index in [0.717, 1.165) is 15.9 Å². The zero-order valence-corrected chi connectivity index (χ0v) is 15.8. The van der Waals surface area contributed by atoms with E-state index in [-0.39, 0.29) is 11.0 Å². The fourth-order valence-corrected chi connectivity index (χ4v) is 3.65. The van der Waals surface area contributed by atoms with Crippen LogP contribution in [0.2, 0.25) is 0 Å². The molecule has 27 heavy (non-hydrogen) atoms. The van der Waals surface area contributed by atoms with Gasteiger partial charge in [0.15, 0.2) is 5.13 Å². The number of hydrogen-bond donors (Lipinski definition) is 2. The maximum absolute atomic E-state index is 12.9. The predicted molar refractivity (Wildman–Crippen MR) is 103 cm³/mol. The molecule has 1 amide bonds. The van der Waals surface area contributed by atoms with Crippen LogP contribution in [0, 0.1) is 24.2 Å². The number of anilines is 1. The van der Waals surface area contributed by atoms with E-state index in [9.17, 15) is 14.4 Å². The molecule has 8 nitrogen and oxygen atoms in total. The number of benzene rings is 1. The first kappa shape index (κ1) is 18.5. The van der Waals surface area contributed by atoms with Crippen molar-refractivity contribution in [1.29, 1.82) is 5.26 Å². The van der Waals surface area contributed by atoms with Crippen LogP contribution < -0.4 is 16.6 Å². The third kappa shape index (κ3) is 3.39. The lowest BCUT2D eigenvalue weighted by molar-refractivity contribution is -0.120. The number of aromatic amines is 1. The minimum Gasteiger partial charge on any atom is -0.307 e. The molecule has 0 saturated carbocycles. The molecule has 0 aliphatic heterocycles. The molecular formula is C18H17N5O3S. The summed E-state index contributed by atoms with van der Waals surface area (Å²) in [6.07, 6.45) is 0. The fourth-order valence-electron chi connectivity index (χ4n) is 2.88. The van der Waals surface area contributed by atoms with Gasteiger partial charge in [-0.2, -0.15) is 5.26 Å². The smallest absolute Gasteiger partial charge is 0.307 e. The highest BCUT2D eigenvalue weighted by atomic mass is 32.1. The number of nitrogens with zero attached hydrogens (tertiary/aromatic N) is 3. The molecule has 0 saturated heterocycles. The third-order valence-electron chi connectivity index (χ3n) is 4.14. The maximum atomic E-state index is 12.9. The van der Waals surface area contributed by atoms with Crippen LogP contribution >= 0.6 is 11.3 Å². The number of hydrogen-bond acceptors (Lipinski definition) is 6. The monoisotopic (exact) mass is 383 g/mol. The molecule has 0 fully saturated rings. The summed E-state index contributed by atoms with van der Waals surface area (Å²) >= 11 is 1.05. The molecule has 0 spiro atoms. The van der Waals surface area contributed by atoms with Crippen molar-refractivity contribution in [2.45, 2.75) is 26.8 Å². The molecule has 0 aliphatic rings. The third-order valence-corrected chi connectivity index (χ3v) is 5.12. The second kappa shape index (κ2) is 7.17. The SMILES string of the molecule is Cc1nc(NC(=O)C(C(C)C)n2c(=O)[nH]c3ccccc3c2=O)sc1C#N. The number of nitriles is 1. The van der Waals surface area contributed by atoms with Gasteiger partial charge in [-0.3, -0.25) is 9.59 Å². The number of H-pyrrole nitrogens is 1. The van der Waals surface area contributed by atoms with E-state index in [2.05, 4.69) is 15.3 Å². The molecule has 1 aromatic carbocycles. The molecule has 2 heterocycles. The molecular weight excluding hydrogens is 366 g/mol. The minimum atomic E-state index is -1.03. The number of thiazole rings is 1. The Hall–Kier alpha value is -3.25. The lowest BCUT2D eigenvalue weighted by atomic mass is 10.0. The van der Waals surface area contributed by atoms with E-state index >= 15 is 0 Å². The van der Waals surface area contributed by atoms with Gasteiger partial charge >= 0.3 is 5.69 Å². The first-order valence-corrected chi connectivity index (χ1v) is 9.07. The van der Waals surface area contributed by atoms with Crippen molar-refractivity contribution < 1.29 is 4.79 Å². The van der Waals surface area contributed by atoms with Crippen LogP contribution in [0.4, 0.5) is 5.13 Å². The zero-order chi connectivity index (χ0) is 19.7. The zero-order valence-electron chi connectivity index (χ0n) is 14.9. The van der Waals surface area contributed by atoms with E-state index in [1.807, 2.05) is 6.07 Å². The largest absolute Gasteiger partial charge is 0.329 e. The summed E-state index contributed by atoms with van der Waals surface area (Å²) in [6.45, 7) is 5.17. The molecule has 0 aliphatic carbocycles. The molecule has 138 valence electrons. The molecule has 1 atom stereocenters. The number of carbonyl (C=O) groups excluding carboxylic acids is 1. The van der Waals surface area contributed by atoms with Gasteiger partial charge in [-0.25, -0.2) is 14.3 Å². The molecule has 2 aromatic heterocycles. The Morgan fingerprint density at radius 3 is 2.67 bits per heavy atom. The number of nitrogens with one attached hydrogen (secondary N) is 2. The van der Waals surface area contributed by atoms with E-state index in [0.29, 0.717) is 21.5 Å². The van der Waals surface area contributed by atoms with Gasteiger partial charge in [0.1, 0.15) is 17.0 Å². The Balaban J connectivity index is 2.07. The molecule has 9 heteroatoms. The van der Waals surface area contributed by atoms with Gasteiger partial charge in [0.2, 0.25) is 5.91 Å². The predicted octanol–water partition coefficient (Wildman–Crippen LogP) is 2.16. The van der Waals surface area contributed by atoms with Crippen LogP contribution in [0.5, 0.6) is 0 Å². The average Bonchev–Trinajstić information content (AvgIpc) is 2.97. The lowest BCUT2D eigenvalue weighted by Gasteiger charge is -2.21. The Kier molecular flexibility index (Phi) is 4.92. The van der Waals surface area contributed by atoms with Crippen molar-refractivity contribution in [2.75, 3.05) is 5.32 Å². The van der Waals surface area contributed by atoms with Crippen LogP contribution in [-0.2, 0) is 4.79 Å². The van der Waals surface area contributed by atoms with Gasteiger partial charge in [-0.05, 0) is 25.0 Å². The van der Waals surface area contributed by atoms with E-state index < -0.39 is 23.2 Å². The second-order valence-electron chi connectivity index (χ2n) is 6.37. The Morgan fingerprint density at radius 2 is 2.04 bits per heavy atom. The van der Waals surface area contributed by atoms with Crippen molar-refractivity contribution in [3.05, 3.63) is 55.7 Å². The normalized spacial score (nSPS) is 12.1. The number of aromatic nitrogens is 3. The van der Waals surface area contributed by atoms with Gasteiger partial charge in [-0.15, -0.1) is 0 Å². The van der Waals surface area contributed by atoms with Crippen LogP contribution in [0.25, 0.3) is 10.9 Å². The van der Waals surface area contributed by atoms with Crippen molar-refractivity contribution in [1.82, 2.24) is 14.5 Å². The van der Waals surface area contributed by atoms with E-state index in [1.54, 1.807) is 45.0 Å². The quantitative estimate of drug-likeness (QED) is 0.715. The number of fused-ring (bicyclic) bond motifs is 1. The summed E-state index contributed by atoms with van der Waals surface area (Å²) in [5.74, 6) is -0.868. The Bertz CT molecular complexity index is 1180. The molecule has 2 N–H and O–H groups in total. The molecule has 3 aromatic rings. The summed E-state index contributed by atoms with van der Waals surface area (Å²) in [7, 11) is 0. The molecule has 0 bridgehead atoms.